The predicted molar refractivity (Wildman–Crippen MR) is 87.0 cm³/mol. The third kappa shape index (κ3) is 4.28. The molecule has 22 heavy (non-hydrogen) atoms. The molecule has 1 fully saturated rings. The molecule has 0 spiro atoms. The van der Waals surface area contributed by atoms with E-state index in [9.17, 15) is 13.2 Å². The van der Waals surface area contributed by atoms with Crippen LogP contribution in [0.1, 0.15) is 32.6 Å². The van der Waals surface area contributed by atoms with E-state index < -0.39 is 16.1 Å². The van der Waals surface area contributed by atoms with Gasteiger partial charge in [-0.05, 0) is 43.7 Å². The van der Waals surface area contributed by atoms with Crippen molar-refractivity contribution in [2.75, 3.05) is 6.54 Å². The van der Waals surface area contributed by atoms with Gasteiger partial charge in [-0.3, -0.25) is 4.79 Å². The van der Waals surface area contributed by atoms with Gasteiger partial charge in [-0.25, -0.2) is 8.42 Å². The fourth-order valence-corrected chi connectivity index (χ4v) is 4.96. The highest BCUT2D eigenvalue weighted by molar-refractivity contribution is 7.91. The molecule has 0 bridgehead atoms. The predicted octanol–water partition coefficient (Wildman–Crippen LogP) is 1.05. The average Bonchev–Trinajstić information content (AvgIpc) is 3.02. The lowest BCUT2D eigenvalue weighted by Crippen LogP contribution is -2.51. The van der Waals surface area contributed by atoms with Crippen molar-refractivity contribution in [3.8, 4) is 0 Å². The summed E-state index contributed by atoms with van der Waals surface area (Å²) in [6, 6.07) is 2.41. The number of nitrogens with one attached hydrogen (secondary N) is 2. The highest BCUT2D eigenvalue weighted by atomic mass is 32.2. The molecular formula is C14H23N3O3S2. The van der Waals surface area contributed by atoms with Gasteiger partial charge in [0.2, 0.25) is 5.91 Å². The first-order chi connectivity index (χ1) is 10.4. The van der Waals surface area contributed by atoms with Crippen LogP contribution in [0.2, 0.25) is 0 Å². The largest absolute Gasteiger partial charge is 0.352 e. The number of carbonyl (C=O) groups excluding carboxylic acids is 1. The summed E-state index contributed by atoms with van der Waals surface area (Å²) in [5.74, 6) is -0.0238. The second-order valence-electron chi connectivity index (χ2n) is 5.67. The first kappa shape index (κ1) is 17.4. The standard InChI is InChI=1S/C14H23N3O3S2/c1-10(17-22(19,20)13-7-4-8-21-13)14(18)16-12-6-3-2-5-11(12)9-15/h4,7-8,10-12,17H,2-3,5-6,9,15H2,1H3,(H,16,18). The van der Waals surface area contributed by atoms with Crippen LogP contribution in [-0.4, -0.2) is 33.0 Å². The van der Waals surface area contributed by atoms with Gasteiger partial charge in [-0.15, -0.1) is 11.3 Å². The van der Waals surface area contributed by atoms with Gasteiger partial charge in [0.25, 0.3) is 10.0 Å². The van der Waals surface area contributed by atoms with E-state index in [1.165, 1.54) is 6.07 Å². The minimum Gasteiger partial charge on any atom is -0.352 e. The van der Waals surface area contributed by atoms with Crippen molar-refractivity contribution < 1.29 is 13.2 Å². The van der Waals surface area contributed by atoms with Gasteiger partial charge in [0.1, 0.15) is 4.21 Å². The summed E-state index contributed by atoms with van der Waals surface area (Å²) in [6.07, 6.45) is 4.11. The van der Waals surface area contributed by atoms with Crippen LogP contribution in [-0.2, 0) is 14.8 Å². The molecule has 1 heterocycles. The quantitative estimate of drug-likeness (QED) is 0.717. The third-order valence-corrected chi connectivity index (χ3v) is 6.96. The normalized spacial score (nSPS) is 23.9. The Labute approximate surface area is 135 Å². The van der Waals surface area contributed by atoms with Gasteiger partial charge >= 0.3 is 0 Å². The van der Waals surface area contributed by atoms with Crippen molar-refractivity contribution >= 4 is 27.3 Å². The summed E-state index contributed by atoms with van der Waals surface area (Å²) in [5, 5.41) is 4.63. The van der Waals surface area contributed by atoms with Crippen LogP contribution in [0.3, 0.4) is 0 Å². The van der Waals surface area contributed by atoms with Gasteiger partial charge in [-0.1, -0.05) is 18.9 Å². The monoisotopic (exact) mass is 345 g/mol. The van der Waals surface area contributed by atoms with Crippen LogP contribution < -0.4 is 15.8 Å². The summed E-state index contributed by atoms with van der Waals surface area (Å²) < 4.78 is 26.9. The topological polar surface area (TPSA) is 101 Å². The molecule has 1 aromatic rings. The van der Waals surface area contributed by atoms with E-state index in [-0.39, 0.29) is 22.1 Å². The van der Waals surface area contributed by atoms with E-state index >= 15 is 0 Å². The lowest BCUT2D eigenvalue weighted by atomic mass is 9.84. The third-order valence-electron chi connectivity index (χ3n) is 4.02. The molecule has 0 saturated heterocycles. The van der Waals surface area contributed by atoms with Crippen molar-refractivity contribution in [2.24, 2.45) is 11.7 Å². The zero-order chi connectivity index (χ0) is 16.2. The van der Waals surface area contributed by atoms with E-state index in [0.717, 1.165) is 37.0 Å². The summed E-state index contributed by atoms with van der Waals surface area (Å²) in [7, 11) is -3.64. The zero-order valence-electron chi connectivity index (χ0n) is 12.6. The lowest BCUT2D eigenvalue weighted by Gasteiger charge is -2.32. The van der Waals surface area contributed by atoms with E-state index in [1.54, 1.807) is 18.4 Å². The Kier molecular flexibility index (Phi) is 5.96. The van der Waals surface area contributed by atoms with Crippen molar-refractivity contribution in [1.29, 1.82) is 0 Å². The minimum absolute atomic E-state index is 0.0416. The van der Waals surface area contributed by atoms with Gasteiger partial charge in [0, 0.05) is 6.04 Å². The fraction of sp³-hybridized carbons (Fsp3) is 0.643. The fourth-order valence-electron chi connectivity index (χ4n) is 2.75. The molecule has 8 heteroatoms. The van der Waals surface area contributed by atoms with Crippen molar-refractivity contribution in [2.45, 2.75) is 48.9 Å². The smallest absolute Gasteiger partial charge is 0.250 e. The molecular weight excluding hydrogens is 322 g/mol. The maximum Gasteiger partial charge on any atom is 0.250 e. The SMILES string of the molecule is CC(NS(=O)(=O)c1cccs1)C(=O)NC1CCCCC1CN. The molecule has 124 valence electrons. The average molecular weight is 345 g/mol. The Bertz CT molecular complexity index is 586. The summed E-state index contributed by atoms with van der Waals surface area (Å²) >= 11 is 1.12. The molecule has 1 saturated carbocycles. The number of rotatable bonds is 6. The maximum atomic E-state index is 12.2. The number of carbonyl (C=O) groups is 1. The highest BCUT2D eigenvalue weighted by Crippen LogP contribution is 2.23. The number of nitrogens with two attached hydrogens (primary N) is 1. The molecule has 0 radical (unpaired) electrons. The Morgan fingerprint density at radius 1 is 1.45 bits per heavy atom. The number of hydrogen-bond donors (Lipinski definition) is 3. The maximum absolute atomic E-state index is 12.2. The molecule has 3 unspecified atom stereocenters. The van der Waals surface area contributed by atoms with Gasteiger partial charge in [0.05, 0.1) is 6.04 Å². The Morgan fingerprint density at radius 2 is 2.18 bits per heavy atom. The van der Waals surface area contributed by atoms with E-state index in [0.29, 0.717) is 6.54 Å². The van der Waals surface area contributed by atoms with E-state index in [1.807, 2.05) is 0 Å². The molecule has 1 aliphatic carbocycles. The van der Waals surface area contributed by atoms with Crippen molar-refractivity contribution in [3.05, 3.63) is 17.5 Å². The molecule has 4 N–H and O–H groups in total. The number of sulfonamides is 1. The van der Waals surface area contributed by atoms with Crippen LogP contribution in [0.5, 0.6) is 0 Å². The van der Waals surface area contributed by atoms with Crippen LogP contribution in [0.25, 0.3) is 0 Å². The first-order valence-electron chi connectivity index (χ1n) is 7.50. The summed E-state index contributed by atoms with van der Waals surface area (Å²) in [6.45, 7) is 2.10. The molecule has 1 amide bonds. The van der Waals surface area contributed by atoms with Crippen molar-refractivity contribution in [3.63, 3.8) is 0 Å². The number of thiophene rings is 1. The van der Waals surface area contributed by atoms with E-state index in [4.69, 9.17) is 5.73 Å². The molecule has 0 aromatic carbocycles. The second kappa shape index (κ2) is 7.54. The molecule has 0 aliphatic heterocycles. The molecule has 1 aliphatic rings. The van der Waals surface area contributed by atoms with Gasteiger partial charge in [-0.2, -0.15) is 4.72 Å². The number of hydrogen-bond acceptors (Lipinski definition) is 5. The molecule has 6 nitrogen and oxygen atoms in total. The lowest BCUT2D eigenvalue weighted by molar-refractivity contribution is -0.123. The van der Waals surface area contributed by atoms with Crippen LogP contribution in [0, 0.1) is 5.92 Å². The Morgan fingerprint density at radius 3 is 2.82 bits per heavy atom. The van der Waals surface area contributed by atoms with Gasteiger partial charge < -0.3 is 11.1 Å². The van der Waals surface area contributed by atoms with Crippen LogP contribution in [0.4, 0.5) is 0 Å². The van der Waals surface area contributed by atoms with Crippen molar-refractivity contribution in [1.82, 2.24) is 10.0 Å². The Hall–Kier alpha value is -0.960. The second-order valence-corrected chi connectivity index (χ2v) is 8.56. The minimum atomic E-state index is -3.64. The highest BCUT2D eigenvalue weighted by Gasteiger charge is 2.28. The van der Waals surface area contributed by atoms with Crippen LogP contribution in [0.15, 0.2) is 21.7 Å². The Balaban J connectivity index is 1.94. The zero-order valence-corrected chi connectivity index (χ0v) is 14.3. The summed E-state index contributed by atoms with van der Waals surface area (Å²) in [5.41, 5.74) is 5.75. The molecule has 1 aromatic heterocycles. The van der Waals surface area contributed by atoms with E-state index in [2.05, 4.69) is 10.0 Å². The number of amides is 1. The first-order valence-corrected chi connectivity index (χ1v) is 9.86. The summed E-state index contributed by atoms with van der Waals surface area (Å²) in [4.78, 5) is 12.2. The van der Waals surface area contributed by atoms with Crippen LogP contribution >= 0.6 is 11.3 Å². The van der Waals surface area contributed by atoms with Gasteiger partial charge in [0.15, 0.2) is 0 Å². The molecule has 2 rings (SSSR count). The molecule has 3 atom stereocenters.